The second-order valence-corrected chi connectivity index (χ2v) is 5.70. The maximum atomic E-state index is 11.9. The average molecular weight is 366 g/mol. The third-order valence-electron chi connectivity index (χ3n) is 2.77. The van der Waals surface area contributed by atoms with Gasteiger partial charge < -0.3 is 16.0 Å². The van der Waals surface area contributed by atoms with Gasteiger partial charge in [-0.15, -0.1) is 0 Å². The van der Waals surface area contributed by atoms with E-state index < -0.39 is 11.8 Å². The van der Waals surface area contributed by atoms with Crippen LogP contribution < -0.4 is 16.0 Å². The van der Waals surface area contributed by atoms with E-state index in [4.69, 9.17) is 23.2 Å². The maximum absolute atomic E-state index is 11.9. The van der Waals surface area contributed by atoms with Crippen LogP contribution in [0.3, 0.4) is 0 Å². The van der Waals surface area contributed by atoms with Crippen LogP contribution in [0.2, 0.25) is 10.0 Å². The van der Waals surface area contributed by atoms with Crippen LogP contribution in [0, 0.1) is 0 Å². The molecular formula is C16H13Cl2N3O3. The summed E-state index contributed by atoms with van der Waals surface area (Å²) in [5.41, 5.74) is 1.17. The third-order valence-corrected chi connectivity index (χ3v) is 3.20. The quantitative estimate of drug-likeness (QED) is 0.727. The number of carbonyl (C=O) groups excluding carboxylic acids is 3. The topological polar surface area (TPSA) is 87.3 Å². The number of halogens is 2. The molecule has 0 aliphatic carbocycles. The van der Waals surface area contributed by atoms with Crippen LogP contribution in [-0.4, -0.2) is 17.7 Å². The zero-order valence-electron chi connectivity index (χ0n) is 12.5. The van der Waals surface area contributed by atoms with Gasteiger partial charge in [0, 0.05) is 34.0 Å². The van der Waals surface area contributed by atoms with Crippen LogP contribution in [0.25, 0.3) is 0 Å². The van der Waals surface area contributed by atoms with Gasteiger partial charge in [-0.2, -0.15) is 0 Å². The Morgan fingerprint density at radius 3 is 1.79 bits per heavy atom. The third kappa shape index (κ3) is 5.26. The van der Waals surface area contributed by atoms with Crippen molar-refractivity contribution in [2.24, 2.45) is 0 Å². The van der Waals surface area contributed by atoms with Crippen molar-refractivity contribution in [3.8, 4) is 0 Å². The Morgan fingerprint density at radius 1 is 0.750 bits per heavy atom. The Hall–Kier alpha value is -2.57. The van der Waals surface area contributed by atoms with Crippen molar-refractivity contribution in [1.82, 2.24) is 0 Å². The molecule has 0 bridgehead atoms. The highest BCUT2D eigenvalue weighted by molar-refractivity contribution is 6.44. The SMILES string of the molecule is CC(=O)Nc1cccc(NC(=O)C(=O)Nc2cc(Cl)cc(Cl)c2)c1. The summed E-state index contributed by atoms with van der Waals surface area (Å²) in [5.74, 6) is -1.99. The number of hydrogen-bond acceptors (Lipinski definition) is 3. The van der Waals surface area contributed by atoms with E-state index in [0.29, 0.717) is 27.1 Å². The molecule has 0 aliphatic heterocycles. The van der Waals surface area contributed by atoms with E-state index in [-0.39, 0.29) is 5.91 Å². The summed E-state index contributed by atoms with van der Waals surface area (Å²) in [5, 5.41) is 8.09. The minimum atomic E-state index is -0.877. The van der Waals surface area contributed by atoms with E-state index in [0.717, 1.165) is 0 Å². The molecule has 2 rings (SSSR count). The Balaban J connectivity index is 2.03. The molecule has 0 aromatic heterocycles. The summed E-state index contributed by atoms with van der Waals surface area (Å²) < 4.78 is 0. The molecule has 0 saturated heterocycles. The highest BCUT2D eigenvalue weighted by Gasteiger charge is 2.15. The van der Waals surface area contributed by atoms with Crippen LogP contribution in [0.4, 0.5) is 17.1 Å². The van der Waals surface area contributed by atoms with E-state index in [1.807, 2.05) is 0 Å². The molecule has 6 nitrogen and oxygen atoms in total. The number of amides is 3. The normalized spacial score (nSPS) is 9.96. The van der Waals surface area contributed by atoms with Crippen LogP contribution in [0.1, 0.15) is 6.92 Å². The number of benzene rings is 2. The summed E-state index contributed by atoms with van der Waals surface area (Å²) in [6.07, 6.45) is 0. The molecule has 0 spiro atoms. The van der Waals surface area contributed by atoms with Gasteiger partial charge in [0.25, 0.3) is 0 Å². The second-order valence-electron chi connectivity index (χ2n) is 4.83. The molecule has 0 saturated carbocycles. The molecule has 0 radical (unpaired) electrons. The standard InChI is InChI=1S/C16H13Cl2N3O3/c1-9(22)19-12-3-2-4-13(8-12)20-15(23)16(24)21-14-6-10(17)5-11(18)7-14/h2-8H,1H3,(H,19,22)(H,20,23)(H,21,24). The molecule has 0 atom stereocenters. The molecule has 0 heterocycles. The van der Waals surface area contributed by atoms with Crippen molar-refractivity contribution in [3.63, 3.8) is 0 Å². The maximum Gasteiger partial charge on any atom is 0.314 e. The lowest BCUT2D eigenvalue weighted by atomic mass is 10.2. The zero-order chi connectivity index (χ0) is 17.7. The number of nitrogens with one attached hydrogen (secondary N) is 3. The Kier molecular flexibility index (Phi) is 5.78. The molecule has 3 amide bonds. The molecule has 8 heteroatoms. The molecule has 0 fully saturated rings. The first kappa shape index (κ1) is 17.8. The van der Waals surface area contributed by atoms with Crippen molar-refractivity contribution >= 4 is 58.0 Å². The smallest absolute Gasteiger partial charge is 0.314 e. The highest BCUT2D eigenvalue weighted by Crippen LogP contribution is 2.22. The summed E-state index contributed by atoms with van der Waals surface area (Å²) in [6.45, 7) is 1.37. The van der Waals surface area contributed by atoms with Gasteiger partial charge in [-0.3, -0.25) is 14.4 Å². The summed E-state index contributed by atoms with van der Waals surface area (Å²) in [7, 11) is 0. The second kappa shape index (κ2) is 7.81. The first-order valence-electron chi connectivity index (χ1n) is 6.79. The molecule has 2 aromatic carbocycles. The van der Waals surface area contributed by atoms with Gasteiger partial charge >= 0.3 is 11.8 Å². The summed E-state index contributed by atoms with van der Waals surface area (Å²) in [6, 6.07) is 10.9. The number of anilines is 3. The lowest BCUT2D eigenvalue weighted by molar-refractivity contribution is -0.132. The van der Waals surface area contributed by atoms with Gasteiger partial charge in [0.1, 0.15) is 0 Å². The van der Waals surface area contributed by atoms with E-state index in [2.05, 4.69) is 16.0 Å². The molecule has 0 aliphatic rings. The lowest BCUT2D eigenvalue weighted by Crippen LogP contribution is -2.29. The van der Waals surface area contributed by atoms with Gasteiger partial charge in [-0.05, 0) is 36.4 Å². The first-order chi connectivity index (χ1) is 11.3. The average Bonchev–Trinajstić information content (AvgIpc) is 2.45. The van der Waals surface area contributed by atoms with Crippen LogP contribution in [0.15, 0.2) is 42.5 Å². The van der Waals surface area contributed by atoms with Gasteiger partial charge in [0.05, 0.1) is 0 Å². The van der Waals surface area contributed by atoms with E-state index in [1.54, 1.807) is 18.2 Å². The van der Waals surface area contributed by atoms with Gasteiger partial charge in [-0.25, -0.2) is 0 Å². The van der Waals surface area contributed by atoms with Gasteiger partial charge in [0.2, 0.25) is 5.91 Å². The molecule has 2 aromatic rings. The van der Waals surface area contributed by atoms with Crippen molar-refractivity contribution in [1.29, 1.82) is 0 Å². The van der Waals surface area contributed by atoms with Gasteiger partial charge in [-0.1, -0.05) is 29.3 Å². The van der Waals surface area contributed by atoms with Crippen LogP contribution in [0.5, 0.6) is 0 Å². The largest absolute Gasteiger partial charge is 0.326 e. The van der Waals surface area contributed by atoms with E-state index in [9.17, 15) is 14.4 Å². The predicted molar refractivity (Wildman–Crippen MR) is 94.5 cm³/mol. The minimum absolute atomic E-state index is 0.242. The number of carbonyl (C=O) groups is 3. The fourth-order valence-electron chi connectivity index (χ4n) is 1.88. The molecule has 24 heavy (non-hydrogen) atoms. The molecule has 124 valence electrons. The minimum Gasteiger partial charge on any atom is -0.326 e. The molecule has 0 unspecified atom stereocenters. The number of rotatable bonds is 3. The number of hydrogen-bond donors (Lipinski definition) is 3. The monoisotopic (exact) mass is 365 g/mol. The van der Waals surface area contributed by atoms with Gasteiger partial charge in [0.15, 0.2) is 0 Å². The van der Waals surface area contributed by atoms with Crippen molar-refractivity contribution in [2.45, 2.75) is 6.92 Å². The Labute approximate surface area is 148 Å². The van der Waals surface area contributed by atoms with E-state index in [1.165, 1.54) is 31.2 Å². The fourth-order valence-corrected chi connectivity index (χ4v) is 2.41. The van der Waals surface area contributed by atoms with Crippen molar-refractivity contribution < 1.29 is 14.4 Å². The Morgan fingerprint density at radius 2 is 1.25 bits per heavy atom. The summed E-state index contributed by atoms with van der Waals surface area (Å²) >= 11 is 11.7. The highest BCUT2D eigenvalue weighted by atomic mass is 35.5. The van der Waals surface area contributed by atoms with Crippen molar-refractivity contribution in [3.05, 3.63) is 52.5 Å². The van der Waals surface area contributed by atoms with E-state index >= 15 is 0 Å². The lowest BCUT2D eigenvalue weighted by Gasteiger charge is -2.09. The van der Waals surface area contributed by atoms with Crippen molar-refractivity contribution in [2.75, 3.05) is 16.0 Å². The summed E-state index contributed by atoms with van der Waals surface area (Å²) in [4.78, 5) is 34.9. The van der Waals surface area contributed by atoms with Crippen LogP contribution >= 0.6 is 23.2 Å². The predicted octanol–water partition coefficient (Wildman–Crippen LogP) is 3.53. The first-order valence-corrected chi connectivity index (χ1v) is 7.55. The fraction of sp³-hybridized carbons (Fsp3) is 0.0625. The Bertz CT molecular complexity index is 789. The zero-order valence-corrected chi connectivity index (χ0v) is 14.0. The molecule has 3 N–H and O–H groups in total. The van der Waals surface area contributed by atoms with Crippen LogP contribution in [-0.2, 0) is 14.4 Å². The molecular weight excluding hydrogens is 353 g/mol.